The molecule has 26 heavy (non-hydrogen) atoms. The molecule has 4 nitrogen and oxygen atoms in total. The summed E-state index contributed by atoms with van der Waals surface area (Å²) in [5, 5.41) is 10.7. The fourth-order valence-corrected chi connectivity index (χ4v) is 3.99. The molecule has 3 atom stereocenters. The van der Waals surface area contributed by atoms with Gasteiger partial charge >= 0.3 is 5.97 Å². The number of carbonyl (C=O) groups excluding carboxylic acids is 1. The highest BCUT2D eigenvalue weighted by Gasteiger charge is 2.54. The van der Waals surface area contributed by atoms with Crippen LogP contribution < -0.4 is 0 Å². The Hall–Kier alpha value is -2.17. The van der Waals surface area contributed by atoms with E-state index in [0.29, 0.717) is 19.6 Å². The minimum atomic E-state index is -1.04. The van der Waals surface area contributed by atoms with Crippen molar-refractivity contribution in [1.82, 2.24) is 4.90 Å². The van der Waals surface area contributed by atoms with Gasteiger partial charge in [0.2, 0.25) is 0 Å². The molecule has 0 unspecified atom stereocenters. The van der Waals surface area contributed by atoms with Crippen molar-refractivity contribution in [3.05, 3.63) is 71.8 Å². The molecule has 1 N–H and O–H groups in total. The molecular weight excluding hydrogens is 326 g/mol. The van der Waals surface area contributed by atoms with E-state index in [-0.39, 0.29) is 12.0 Å². The number of hydrogen-bond donors (Lipinski definition) is 1. The van der Waals surface area contributed by atoms with E-state index in [1.54, 1.807) is 6.92 Å². The molecule has 1 saturated heterocycles. The Kier molecular flexibility index (Phi) is 5.74. The maximum atomic E-state index is 12.9. The standard InChI is InChI=1S/C22H27NO3/c1-3-14-22(17(2)24)21(25)26-16-20(19-12-8-5-9-13-19)23(22)15-18-10-6-4-7-11-18/h4-13,17,20,24H,3,14-16H2,1-2H3/t17-,20-,22-/m0/s1. The number of nitrogens with zero attached hydrogens (tertiary/aromatic N) is 1. The summed E-state index contributed by atoms with van der Waals surface area (Å²) in [6.07, 6.45) is 0.511. The molecular formula is C22H27NO3. The topological polar surface area (TPSA) is 49.8 Å². The Labute approximate surface area is 155 Å². The maximum absolute atomic E-state index is 12.9. The van der Waals surface area contributed by atoms with Crippen LogP contribution in [0.3, 0.4) is 0 Å². The lowest BCUT2D eigenvalue weighted by molar-refractivity contribution is -0.191. The number of ether oxygens (including phenoxy) is 1. The fourth-order valence-electron chi connectivity index (χ4n) is 3.99. The van der Waals surface area contributed by atoms with Crippen molar-refractivity contribution in [1.29, 1.82) is 0 Å². The number of aliphatic hydroxyl groups is 1. The third-order valence-corrected chi connectivity index (χ3v) is 5.32. The van der Waals surface area contributed by atoms with Gasteiger partial charge in [0.05, 0.1) is 12.1 Å². The van der Waals surface area contributed by atoms with Crippen LogP contribution in [0.15, 0.2) is 60.7 Å². The highest BCUT2D eigenvalue weighted by molar-refractivity contribution is 5.82. The van der Waals surface area contributed by atoms with Gasteiger partial charge < -0.3 is 9.84 Å². The Morgan fingerprint density at radius 3 is 2.35 bits per heavy atom. The van der Waals surface area contributed by atoms with E-state index in [1.807, 2.05) is 43.3 Å². The molecule has 0 radical (unpaired) electrons. The predicted molar refractivity (Wildman–Crippen MR) is 101 cm³/mol. The minimum absolute atomic E-state index is 0.0877. The first kappa shape index (κ1) is 18.6. The predicted octanol–water partition coefficient (Wildman–Crippen LogP) is 3.71. The number of aliphatic hydroxyl groups excluding tert-OH is 1. The van der Waals surface area contributed by atoms with E-state index in [2.05, 4.69) is 29.2 Å². The van der Waals surface area contributed by atoms with Crippen LogP contribution in [0.2, 0.25) is 0 Å². The van der Waals surface area contributed by atoms with Crippen molar-refractivity contribution < 1.29 is 14.6 Å². The molecule has 3 rings (SSSR count). The Morgan fingerprint density at radius 2 is 1.77 bits per heavy atom. The summed E-state index contributed by atoms with van der Waals surface area (Å²) in [6, 6.07) is 20.1. The Morgan fingerprint density at radius 1 is 1.15 bits per heavy atom. The van der Waals surface area contributed by atoms with Gasteiger partial charge in [0.1, 0.15) is 12.1 Å². The first-order chi connectivity index (χ1) is 12.6. The van der Waals surface area contributed by atoms with Crippen molar-refractivity contribution in [3.63, 3.8) is 0 Å². The van der Waals surface area contributed by atoms with Crippen LogP contribution in [0, 0.1) is 0 Å². The molecule has 0 saturated carbocycles. The zero-order valence-electron chi connectivity index (χ0n) is 15.5. The molecule has 1 aliphatic heterocycles. The van der Waals surface area contributed by atoms with E-state index in [1.165, 1.54) is 0 Å². The summed E-state index contributed by atoms with van der Waals surface area (Å²) in [5.74, 6) is -0.322. The molecule has 0 spiro atoms. The maximum Gasteiger partial charge on any atom is 0.329 e. The van der Waals surface area contributed by atoms with Crippen LogP contribution in [0.5, 0.6) is 0 Å². The summed E-state index contributed by atoms with van der Waals surface area (Å²) in [4.78, 5) is 15.1. The largest absolute Gasteiger partial charge is 0.462 e. The van der Waals surface area contributed by atoms with Crippen molar-refractivity contribution in [2.75, 3.05) is 6.61 Å². The van der Waals surface area contributed by atoms with E-state index >= 15 is 0 Å². The molecule has 1 heterocycles. The van der Waals surface area contributed by atoms with Gasteiger partial charge in [0.15, 0.2) is 0 Å². The van der Waals surface area contributed by atoms with Crippen LogP contribution in [0.1, 0.15) is 43.9 Å². The van der Waals surface area contributed by atoms with Crippen molar-refractivity contribution in [2.24, 2.45) is 0 Å². The lowest BCUT2D eigenvalue weighted by Crippen LogP contribution is -2.65. The molecule has 138 valence electrons. The zero-order chi connectivity index (χ0) is 18.6. The highest BCUT2D eigenvalue weighted by atomic mass is 16.5. The number of carbonyl (C=O) groups is 1. The smallest absolute Gasteiger partial charge is 0.329 e. The average molecular weight is 353 g/mol. The van der Waals surface area contributed by atoms with E-state index in [9.17, 15) is 9.90 Å². The Balaban J connectivity index is 2.08. The second-order valence-corrected chi connectivity index (χ2v) is 6.99. The van der Waals surface area contributed by atoms with Crippen molar-refractivity contribution in [2.45, 2.75) is 50.9 Å². The Bertz CT molecular complexity index is 717. The first-order valence-electron chi connectivity index (χ1n) is 9.30. The number of esters is 1. The molecule has 4 heteroatoms. The molecule has 2 aromatic rings. The van der Waals surface area contributed by atoms with Gasteiger partial charge in [0.25, 0.3) is 0 Å². The van der Waals surface area contributed by atoms with Crippen LogP contribution in [-0.2, 0) is 16.1 Å². The molecule has 0 aliphatic carbocycles. The normalized spacial score (nSPS) is 24.9. The third kappa shape index (κ3) is 3.39. The minimum Gasteiger partial charge on any atom is -0.462 e. The van der Waals surface area contributed by atoms with Crippen LogP contribution in [0.25, 0.3) is 0 Å². The van der Waals surface area contributed by atoms with Crippen LogP contribution in [0.4, 0.5) is 0 Å². The average Bonchev–Trinajstić information content (AvgIpc) is 2.66. The molecule has 2 aromatic carbocycles. The molecule has 1 aliphatic rings. The number of hydrogen-bond acceptors (Lipinski definition) is 4. The lowest BCUT2D eigenvalue weighted by atomic mass is 9.82. The molecule has 0 aromatic heterocycles. The SMILES string of the molecule is CCC[C@]1([C@H](C)O)C(=O)OC[C@@H](c2ccccc2)N1Cc1ccccc1. The van der Waals surface area contributed by atoms with Gasteiger partial charge in [-0.3, -0.25) is 4.90 Å². The van der Waals surface area contributed by atoms with Gasteiger partial charge in [-0.1, -0.05) is 74.0 Å². The fraction of sp³-hybridized carbons (Fsp3) is 0.409. The molecule has 0 bridgehead atoms. The summed E-state index contributed by atoms with van der Waals surface area (Å²) in [5.41, 5.74) is 1.17. The zero-order valence-corrected chi connectivity index (χ0v) is 15.5. The van der Waals surface area contributed by atoms with Crippen LogP contribution >= 0.6 is 0 Å². The van der Waals surface area contributed by atoms with Gasteiger partial charge in [-0.25, -0.2) is 4.79 Å². The van der Waals surface area contributed by atoms with E-state index in [4.69, 9.17) is 4.74 Å². The summed E-state index contributed by atoms with van der Waals surface area (Å²) in [6.45, 7) is 4.61. The highest BCUT2D eigenvalue weighted by Crippen LogP contribution is 2.40. The monoisotopic (exact) mass is 353 g/mol. The molecule has 1 fully saturated rings. The number of morpholine rings is 1. The van der Waals surface area contributed by atoms with Gasteiger partial charge in [0, 0.05) is 6.54 Å². The first-order valence-corrected chi connectivity index (χ1v) is 9.30. The molecule has 0 amide bonds. The number of benzene rings is 2. The number of cyclic esters (lactones) is 1. The quantitative estimate of drug-likeness (QED) is 0.805. The third-order valence-electron chi connectivity index (χ3n) is 5.32. The van der Waals surface area contributed by atoms with E-state index in [0.717, 1.165) is 17.5 Å². The second kappa shape index (κ2) is 8.02. The van der Waals surface area contributed by atoms with Crippen molar-refractivity contribution >= 4 is 5.97 Å². The van der Waals surface area contributed by atoms with Gasteiger partial charge in [-0.05, 0) is 24.5 Å². The summed E-state index contributed by atoms with van der Waals surface area (Å²) < 4.78 is 5.60. The van der Waals surface area contributed by atoms with E-state index < -0.39 is 11.6 Å². The summed E-state index contributed by atoms with van der Waals surface area (Å²) >= 11 is 0. The van der Waals surface area contributed by atoms with Crippen molar-refractivity contribution in [3.8, 4) is 0 Å². The van der Waals surface area contributed by atoms with Crippen LogP contribution in [-0.4, -0.2) is 34.2 Å². The van der Waals surface area contributed by atoms with Gasteiger partial charge in [-0.15, -0.1) is 0 Å². The van der Waals surface area contributed by atoms with Gasteiger partial charge in [-0.2, -0.15) is 0 Å². The lowest BCUT2D eigenvalue weighted by Gasteiger charge is -2.51. The summed E-state index contributed by atoms with van der Waals surface area (Å²) in [7, 11) is 0. The second-order valence-electron chi connectivity index (χ2n) is 6.99. The number of rotatable bonds is 6.